The van der Waals surface area contributed by atoms with Gasteiger partial charge in [-0.15, -0.1) is 0 Å². The topological polar surface area (TPSA) is 128 Å². The van der Waals surface area contributed by atoms with Gasteiger partial charge in [-0.3, -0.25) is 4.57 Å². The zero-order chi connectivity index (χ0) is 20.6. The van der Waals surface area contributed by atoms with E-state index in [1.54, 1.807) is 24.3 Å². The first-order valence-corrected chi connectivity index (χ1v) is 10.4. The molecule has 1 aliphatic rings. The molecule has 1 N–H and O–H groups in total. The van der Waals surface area contributed by atoms with E-state index in [-0.39, 0.29) is 42.1 Å². The number of nitrogens with zero attached hydrogens (tertiary/aromatic N) is 2. The number of benzene rings is 2. The molecule has 1 aromatic heterocycles. The second-order valence-corrected chi connectivity index (χ2v) is 7.88. The van der Waals surface area contributed by atoms with Crippen LogP contribution in [0.5, 0.6) is 28.7 Å². The Hall–Kier alpha value is -2.23. The van der Waals surface area contributed by atoms with Crippen molar-refractivity contribution in [2.24, 2.45) is 0 Å². The van der Waals surface area contributed by atoms with Crippen LogP contribution in [-0.4, -0.2) is 43.1 Å². The van der Waals surface area contributed by atoms with E-state index in [0.29, 0.717) is 45.5 Å². The number of hydrogen-bond donors (Lipinski definition) is 1. The first-order chi connectivity index (χ1) is 13.9. The monoisotopic (exact) mass is 441 g/mol. The van der Waals surface area contributed by atoms with Gasteiger partial charge in [-0.2, -0.15) is 15.4 Å². The fourth-order valence-corrected chi connectivity index (χ4v) is 3.47. The Morgan fingerprint density at radius 3 is 2.53 bits per heavy atom. The van der Waals surface area contributed by atoms with Crippen molar-refractivity contribution in [1.29, 1.82) is 0 Å². The Kier molecular flexibility index (Phi) is 6.64. The molecule has 2 heterocycles. The fraction of sp³-hybridized carbons (Fsp3) is 0.222. The zero-order valence-corrected chi connectivity index (χ0v) is 19.7. The Morgan fingerprint density at radius 2 is 1.83 bits per heavy atom. The molecule has 4 rings (SSSR count). The van der Waals surface area contributed by atoms with E-state index in [1.807, 2.05) is 0 Å². The number of aromatic nitrogens is 3. The van der Waals surface area contributed by atoms with E-state index in [0.717, 1.165) is 6.66 Å². The van der Waals surface area contributed by atoms with Crippen LogP contribution in [0.25, 0.3) is 22.5 Å². The Bertz CT molecular complexity index is 1120. The molecule has 10 nitrogen and oxygen atoms in total. The Balaban J connectivity index is 0.00000256. The van der Waals surface area contributed by atoms with E-state index < -0.39 is 7.60 Å². The van der Waals surface area contributed by atoms with Crippen LogP contribution in [0, 0.1) is 0 Å². The maximum atomic E-state index is 11.8. The smallest absolute Gasteiger partial charge is 0.769 e. The van der Waals surface area contributed by atoms with Gasteiger partial charge in [0.2, 0.25) is 12.5 Å². The standard InChI is InChI=1S/C18H18N3O7P.Na/c1-24-11-4-5-12(13(8-11)28-29(3,22)23)17-16(19-21-20-17)10-6-14(25-2)18-15(7-10)26-9-27-18;/h4-8H,9H2,1-3H3,(H,22,23)(H,19,20,21);/q;+1/p-1. The van der Waals surface area contributed by atoms with Crippen LogP contribution in [-0.2, 0) is 4.57 Å². The normalized spacial score (nSPS) is 13.9. The van der Waals surface area contributed by atoms with E-state index in [2.05, 4.69) is 15.4 Å². The van der Waals surface area contributed by atoms with Crippen molar-refractivity contribution >= 4 is 7.60 Å². The molecule has 0 amide bonds. The van der Waals surface area contributed by atoms with Crippen molar-refractivity contribution in [3.8, 4) is 51.3 Å². The van der Waals surface area contributed by atoms with Crippen molar-refractivity contribution in [2.45, 2.75) is 0 Å². The minimum absolute atomic E-state index is 0. The first-order valence-electron chi connectivity index (χ1n) is 8.45. The van der Waals surface area contributed by atoms with E-state index in [4.69, 9.17) is 23.5 Å². The molecule has 3 aromatic rings. The number of rotatable bonds is 6. The third-order valence-electron chi connectivity index (χ3n) is 4.19. The van der Waals surface area contributed by atoms with Crippen molar-refractivity contribution in [2.75, 3.05) is 27.7 Å². The van der Waals surface area contributed by atoms with Gasteiger partial charge in [0, 0.05) is 23.9 Å². The summed E-state index contributed by atoms with van der Waals surface area (Å²) in [4.78, 5) is 11.8. The summed E-state index contributed by atoms with van der Waals surface area (Å²) in [6.45, 7) is 1.08. The second kappa shape index (κ2) is 8.87. The van der Waals surface area contributed by atoms with Gasteiger partial charge in [0.25, 0.3) is 0 Å². The minimum Gasteiger partial charge on any atom is -0.769 e. The van der Waals surface area contributed by atoms with Gasteiger partial charge < -0.3 is 28.4 Å². The molecule has 0 spiro atoms. The number of hydrogen-bond acceptors (Lipinski definition) is 9. The number of fused-ring (bicyclic) bond motifs is 1. The summed E-state index contributed by atoms with van der Waals surface area (Å²) in [7, 11) is -1.08. The second-order valence-electron chi connectivity index (χ2n) is 6.16. The average Bonchev–Trinajstić information content (AvgIpc) is 3.35. The van der Waals surface area contributed by atoms with Crippen LogP contribution in [0.2, 0.25) is 0 Å². The molecule has 2 aromatic carbocycles. The molecule has 1 aliphatic heterocycles. The third kappa shape index (κ3) is 4.43. The van der Waals surface area contributed by atoms with Crippen molar-refractivity contribution in [3.05, 3.63) is 30.3 Å². The number of methoxy groups -OCH3 is 2. The van der Waals surface area contributed by atoms with Crippen LogP contribution < -0.4 is 57.9 Å². The van der Waals surface area contributed by atoms with E-state index in [1.165, 1.54) is 20.3 Å². The average molecular weight is 441 g/mol. The molecule has 0 fully saturated rings. The van der Waals surface area contributed by atoms with Gasteiger partial charge in [-0.05, 0) is 24.3 Å². The Labute approximate surface area is 194 Å². The van der Waals surface area contributed by atoms with Crippen LogP contribution >= 0.6 is 7.60 Å². The maximum absolute atomic E-state index is 11.8. The summed E-state index contributed by atoms with van der Waals surface area (Å²) in [5, 5.41) is 11.0. The summed E-state index contributed by atoms with van der Waals surface area (Å²) in [5.41, 5.74) is 1.90. The van der Waals surface area contributed by atoms with E-state index >= 15 is 0 Å². The van der Waals surface area contributed by atoms with Gasteiger partial charge in [-0.1, -0.05) is 0 Å². The molecule has 1 atom stereocenters. The van der Waals surface area contributed by atoms with Gasteiger partial charge >= 0.3 is 29.6 Å². The summed E-state index contributed by atoms with van der Waals surface area (Å²) < 4.78 is 38.4. The van der Waals surface area contributed by atoms with Crippen molar-refractivity contribution in [1.82, 2.24) is 15.4 Å². The molecule has 0 saturated heterocycles. The SMILES string of the molecule is COc1ccc(-c2n[nH]nc2-c2cc(OC)c3c(c2)OCO3)c(OP(C)(=O)[O-])c1.[Na+]. The fourth-order valence-electron chi connectivity index (χ4n) is 2.97. The van der Waals surface area contributed by atoms with Crippen molar-refractivity contribution in [3.63, 3.8) is 0 Å². The molecule has 1 unspecified atom stereocenters. The molecular formula is C18H17N3NaO7P. The number of ether oxygens (including phenoxy) is 4. The summed E-state index contributed by atoms with van der Waals surface area (Å²) in [5.74, 6) is 2.01. The molecule has 0 saturated carbocycles. The van der Waals surface area contributed by atoms with Crippen LogP contribution in [0.15, 0.2) is 30.3 Å². The molecule has 30 heavy (non-hydrogen) atoms. The van der Waals surface area contributed by atoms with Crippen LogP contribution in [0.4, 0.5) is 0 Å². The zero-order valence-electron chi connectivity index (χ0n) is 16.8. The summed E-state index contributed by atoms with van der Waals surface area (Å²) in [6, 6.07) is 8.27. The predicted octanol–water partition coefficient (Wildman–Crippen LogP) is -0.549. The Morgan fingerprint density at radius 1 is 1.07 bits per heavy atom. The molecule has 0 radical (unpaired) electrons. The van der Waals surface area contributed by atoms with Gasteiger partial charge in [0.05, 0.1) is 14.2 Å². The van der Waals surface area contributed by atoms with Gasteiger partial charge in [-0.25, -0.2) is 0 Å². The molecular weight excluding hydrogens is 424 g/mol. The first kappa shape index (κ1) is 22.5. The van der Waals surface area contributed by atoms with Gasteiger partial charge in [0.1, 0.15) is 22.9 Å². The number of H-pyrrole nitrogens is 1. The van der Waals surface area contributed by atoms with Gasteiger partial charge in [0.15, 0.2) is 19.1 Å². The maximum Gasteiger partial charge on any atom is 1.00 e. The third-order valence-corrected chi connectivity index (χ3v) is 4.72. The predicted molar refractivity (Wildman–Crippen MR) is 101 cm³/mol. The largest absolute Gasteiger partial charge is 1.00 e. The molecule has 12 heteroatoms. The number of aromatic amines is 1. The molecule has 0 aliphatic carbocycles. The van der Waals surface area contributed by atoms with Crippen molar-refractivity contribution < 1.29 is 62.5 Å². The van der Waals surface area contributed by atoms with Crippen LogP contribution in [0.1, 0.15) is 0 Å². The van der Waals surface area contributed by atoms with Crippen LogP contribution in [0.3, 0.4) is 0 Å². The van der Waals surface area contributed by atoms with E-state index in [9.17, 15) is 9.46 Å². The summed E-state index contributed by atoms with van der Waals surface area (Å²) >= 11 is 0. The number of nitrogens with one attached hydrogen (secondary N) is 1. The summed E-state index contributed by atoms with van der Waals surface area (Å²) in [6.07, 6.45) is 0. The quantitative estimate of drug-likeness (QED) is 0.396. The minimum atomic E-state index is -4.08. The molecule has 0 bridgehead atoms. The molecule has 152 valence electrons.